The number of halogens is 1. The van der Waals surface area contributed by atoms with E-state index in [9.17, 15) is 9.18 Å². The molecule has 1 aromatic rings. The van der Waals surface area contributed by atoms with Crippen LogP contribution in [0.15, 0.2) is 24.3 Å². The maximum atomic E-state index is 13.3. The van der Waals surface area contributed by atoms with E-state index in [0.717, 1.165) is 0 Å². The lowest BCUT2D eigenvalue weighted by molar-refractivity contribution is 0.0915. The van der Waals surface area contributed by atoms with Crippen LogP contribution in [0.25, 0.3) is 0 Å². The van der Waals surface area contributed by atoms with Crippen LogP contribution in [0.4, 0.5) is 4.39 Å². The number of hydrogen-bond acceptors (Lipinski definition) is 4. The lowest BCUT2D eigenvalue weighted by atomic mass is 9.96. The Morgan fingerprint density at radius 3 is 2.80 bits per heavy atom. The number of hydrazine groups is 1. The smallest absolute Gasteiger partial charge is 0.173 e. The summed E-state index contributed by atoms with van der Waals surface area (Å²) in [5.41, 5.74) is 11.2. The first-order chi connectivity index (χ1) is 7.20. The lowest BCUT2D eigenvalue weighted by Crippen LogP contribution is -2.41. The van der Waals surface area contributed by atoms with Gasteiger partial charge in [0.1, 0.15) is 5.82 Å². The molecule has 2 rings (SSSR count). The van der Waals surface area contributed by atoms with Crippen molar-refractivity contribution in [1.29, 1.82) is 0 Å². The third-order valence-corrected chi connectivity index (χ3v) is 2.50. The fourth-order valence-corrected chi connectivity index (χ4v) is 1.63. The number of carbonyl (C=O) groups is 1. The zero-order chi connectivity index (χ0) is 10.8. The minimum absolute atomic E-state index is 0.100. The van der Waals surface area contributed by atoms with Crippen LogP contribution in [0.5, 0.6) is 0 Å². The average molecular weight is 209 g/mol. The summed E-state index contributed by atoms with van der Waals surface area (Å²) in [7, 11) is 0. The number of benzene rings is 1. The molecule has 1 aliphatic rings. The van der Waals surface area contributed by atoms with Gasteiger partial charge in [0.2, 0.25) is 0 Å². The highest BCUT2D eigenvalue weighted by atomic mass is 19.1. The molecule has 1 aromatic carbocycles. The predicted molar refractivity (Wildman–Crippen MR) is 53.3 cm³/mol. The fourth-order valence-electron chi connectivity index (χ4n) is 1.63. The topological polar surface area (TPSA) is 67.2 Å². The van der Waals surface area contributed by atoms with Gasteiger partial charge >= 0.3 is 0 Å². The molecule has 1 saturated heterocycles. The average Bonchev–Trinajstić information content (AvgIpc) is 2.64. The Morgan fingerprint density at radius 2 is 2.20 bits per heavy atom. The molecule has 1 heterocycles. The summed E-state index contributed by atoms with van der Waals surface area (Å²) in [5, 5.41) is 0. The third-order valence-electron chi connectivity index (χ3n) is 2.50. The van der Waals surface area contributed by atoms with E-state index in [-0.39, 0.29) is 11.3 Å². The van der Waals surface area contributed by atoms with Gasteiger partial charge in [-0.25, -0.2) is 9.82 Å². The second kappa shape index (κ2) is 4.06. The van der Waals surface area contributed by atoms with Crippen molar-refractivity contribution in [2.75, 3.05) is 6.54 Å². The molecule has 0 saturated carbocycles. The summed E-state index contributed by atoms with van der Waals surface area (Å²) in [6, 6.07) is 5.94. The highest BCUT2D eigenvalue weighted by Crippen LogP contribution is 2.15. The summed E-state index contributed by atoms with van der Waals surface area (Å²) in [6.07, 6.45) is -0.461. The van der Waals surface area contributed by atoms with E-state index in [1.807, 2.05) is 0 Å². The van der Waals surface area contributed by atoms with Crippen LogP contribution in [-0.4, -0.2) is 18.5 Å². The van der Waals surface area contributed by atoms with E-state index in [1.165, 1.54) is 12.1 Å². The molecule has 2 unspecified atom stereocenters. The Bertz CT molecular complexity index is 383. The van der Waals surface area contributed by atoms with Crippen LogP contribution in [0.3, 0.4) is 0 Å². The van der Waals surface area contributed by atoms with Gasteiger partial charge in [-0.15, -0.1) is 0 Å². The molecule has 2 atom stereocenters. The van der Waals surface area contributed by atoms with E-state index in [4.69, 9.17) is 5.73 Å². The Hall–Kier alpha value is -1.30. The molecule has 1 fully saturated rings. The first-order valence-electron chi connectivity index (χ1n) is 4.73. The van der Waals surface area contributed by atoms with Crippen molar-refractivity contribution < 1.29 is 9.18 Å². The van der Waals surface area contributed by atoms with Crippen molar-refractivity contribution in [2.24, 2.45) is 11.7 Å². The van der Waals surface area contributed by atoms with Crippen molar-refractivity contribution in [3.63, 3.8) is 0 Å². The molecule has 0 amide bonds. The number of carbonyl (C=O) groups excluding carboxylic acids is 1. The predicted octanol–water partition coefficient (Wildman–Crippen LogP) is 0.0172. The van der Waals surface area contributed by atoms with Crippen molar-refractivity contribution in [1.82, 2.24) is 10.9 Å². The van der Waals surface area contributed by atoms with Gasteiger partial charge in [-0.05, 0) is 12.1 Å². The molecule has 0 spiro atoms. The SMILES string of the molecule is NC1NNCC1C(=O)c1ccccc1F. The summed E-state index contributed by atoms with van der Waals surface area (Å²) in [6.45, 7) is 0.425. The summed E-state index contributed by atoms with van der Waals surface area (Å²) in [4.78, 5) is 11.9. The highest BCUT2D eigenvalue weighted by molar-refractivity contribution is 5.98. The van der Waals surface area contributed by atoms with Crippen LogP contribution in [-0.2, 0) is 0 Å². The number of Topliss-reactive ketones (excluding diaryl/α,β-unsaturated/α-hetero) is 1. The van der Waals surface area contributed by atoms with E-state index in [0.29, 0.717) is 6.54 Å². The van der Waals surface area contributed by atoms with Gasteiger partial charge in [0, 0.05) is 6.54 Å². The maximum Gasteiger partial charge on any atom is 0.173 e. The number of hydrogen-bond donors (Lipinski definition) is 3. The Balaban J connectivity index is 2.24. The monoisotopic (exact) mass is 209 g/mol. The number of nitrogens with two attached hydrogens (primary N) is 1. The van der Waals surface area contributed by atoms with Crippen molar-refractivity contribution >= 4 is 5.78 Å². The van der Waals surface area contributed by atoms with E-state index in [1.54, 1.807) is 12.1 Å². The summed E-state index contributed by atoms with van der Waals surface area (Å²) >= 11 is 0. The third kappa shape index (κ3) is 1.90. The van der Waals surface area contributed by atoms with Gasteiger partial charge in [-0.2, -0.15) is 0 Å². The van der Waals surface area contributed by atoms with Gasteiger partial charge in [0.25, 0.3) is 0 Å². The van der Waals surface area contributed by atoms with Crippen LogP contribution in [0.1, 0.15) is 10.4 Å². The van der Waals surface area contributed by atoms with E-state index >= 15 is 0 Å². The first-order valence-corrected chi connectivity index (χ1v) is 4.73. The van der Waals surface area contributed by atoms with Crippen molar-refractivity contribution in [3.8, 4) is 0 Å². The molecular weight excluding hydrogens is 197 g/mol. The Kier molecular flexibility index (Phi) is 2.77. The second-order valence-electron chi connectivity index (χ2n) is 3.50. The van der Waals surface area contributed by atoms with Crippen LogP contribution in [0.2, 0.25) is 0 Å². The zero-order valence-electron chi connectivity index (χ0n) is 8.03. The van der Waals surface area contributed by atoms with Crippen LogP contribution >= 0.6 is 0 Å². The normalized spacial score (nSPS) is 25.5. The van der Waals surface area contributed by atoms with Crippen LogP contribution < -0.4 is 16.6 Å². The first kappa shape index (κ1) is 10.2. The quantitative estimate of drug-likeness (QED) is 0.601. The van der Waals surface area contributed by atoms with Gasteiger partial charge in [-0.1, -0.05) is 12.1 Å². The summed E-state index contributed by atoms with van der Waals surface area (Å²) < 4.78 is 13.3. The molecule has 5 heteroatoms. The lowest BCUT2D eigenvalue weighted by Gasteiger charge is -2.12. The minimum atomic E-state index is -0.499. The Labute approximate surface area is 86.6 Å². The molecule has 4 N–H and O–H groups in total. The molecule has 0 radical (unpaired) electrons. The maximum absolute atomic E-state index is 13.3. The number of nitrogens with one attached hydrogen (secondary N) is 2. The Morgan fingerprint density at radius 1 is 1.47 bits per heavy atom. The molecule has 80 valence electrons. The molecule has 0 bridgehead atoms. The number of rotatable bonds is 2. The molecular formula is C10H12FN3O. The molecule has 4 nitrogen and oxygen atoms in total. The number of ketones is 1. The fraction of sp³-hybridized carbons (Fsp3) is 0.300. The standard InChI is InChI=1S/C10H12FN3O/c11-8-4-2-1-3-6(8)9(15)7-5-13-14-10(7)12/h1-4,7,10,13-14H,5,12H2. The molecule has 15 heavy (non-hydrogen) atoms. The van der Waals surface area contributed by atoms with Gasteiger partial charge in [-0.3, -0.25) is 10.2 Å². The second-order valence-corrected chi connectivity index (χ2v) is 3.50. The summed E-state index contributed by atoms with van der Waals surface area (Å²) in [5.74, 6) is -1.18. The zero-order valence-corrected chi connectivity index (χ0v) is 8.03. The van der Waals surface area contributed by atoms with E-state index in [2.05, 4.69) is 10.9 Å². The van der Waals surface area contributed by atoms with Gasteiger partial charge in [0.05, 0.1) is 17.6 Å². The van der Waals surface area contributed by atoms with E-state index < -0.39 is 17.9 Å². The molecule has 0 aromatic heterocycles. The molecule has 1 aliphatic heterocycles. The van der Waals surface area contributed by atoms with Crippen molar-refractivity contribution in [3.05, 3.63) is 35.6 Å². The molecule has 0 aliphatic carbocycles. The van der Waals surface area contributed by atoms with Crippen LogP contribution in [0, 0.1) is 11.7 Å². The van der Waals surface area contributed by atoms with Gasteiger partial charge < -0.3 is 5.73 Å². The highest BCUT2D eigenvalue weighted by Gasteiger charge is 2.31. The minimum Gasteiger partial charge on any atom is -0.314 e. The van der Waals surface area contributed by atoms with Gasteiger partial charge in [0.15, 0.2) is 5.78 Å². The van der Waals surface area contributed by atoms with Crippen molar-refractivity contribution in [2.45, 2.75) is 6.17 Å². The largest absolute Gasteiger partial charge is 0.314 e.